The van der Waals surface area contributed by atoms with Gasteiger partial charge >= 0.3 is 0 Å². The number of hydrogen-bond donors (Lipinski definition) is 1. The van der Waals surface area contributed by atoms with Crippen LogP contribution < -0.4 is 9.47 Å². The van der Waals surface area contributed by atoms with Gasteiger partial charge in [0.05, 0.1) is 6.61 Å². The minimum Gasteiger partial charge on any atom is -0.490 e. The topological polar surface area (TPSA) is 38.7 Å². The van der Waals surface area contributed by atoms with Crippen molar-refractivity contribution in [1.82, 2.24) is 0 Å². The van der Waals surface area contributed by atoms with Crippen LogP contribution in [0.4, 0.5) is 0 Å². The summed E-state index contributed by atoms with van der Waals surface area (Å²) in [5.41, 5.74) is 0.789. The molecule has 1 N–H and O–H groups in total. The van der Waals surface area contributed by atoms with E-state index in [-0.39, 0.29) is 6.61 Å². The second kappa shape index (κ2) is 6.67. The maximum atomic E-state index is 9.14. The molecule has 0 saturated heterocycles. The highest BCUT2D eigenvalue weighted by Gasteiger charge is 2.01. The van der Waals surface area contributed by atoms with Gasteiger partial charge in [-0.15, -0.1) is 0 Å². The van der Waals surface area contributed by atoms with Crippen molar-refractivity contribution < 1.29 is 14.6 Å². The van der Waals surface area contributed by atoms with E-state index in [1.165, 1.54) is 0 Å². The number of para-hydroxylation sites is 2. The summed E-state index contributed by atoms with van der Waals surface area (Å²) in [6, 6.07) is 17.0. The van der Waals surface area contributed by atoms with Crippen LogP contribution in [-0.4, -0.2) is 18.3 Å². The quantitative estimate of drug-likeness (QED) is 0.794. The number of ether oxygens (including phenoxy) is 2. The molecular weight excluding hydrogens is 228 g/mol. The van der Waals surface area contributed by atoms with E-state index in [1.807, 2.05) is 54.6 Å². The summed E-state index contributed by atoms with van der Waals surface area (Å²) in [5, 5.41) is 9.14. The first-order valence-electron chi connectivity index (χ1n) is 5.89. The summed E-state index contributed by atoms with van der Waals surface area (Å²) in [6.07, 6.45) is 0. The molecule has 0 amide bonds. The van der Waals surface area contributed by atoms with Crippen LogP contribution >= 0.6 is 0 Å². The van der Waals surface area contributed by atoms with Gasteiger partial charge in [0.15, 0.2) is 0 Å². The highest BCUT2D eigenvalue weighted by Crippen LogP contribution is 2.17. The van der Waals surface area contributed by atoms with E-state index in [4.69, 9.17) is 14.6 Å². The summed E-state index contributed by atoms with van der Waals surface area (Å²) in [4.78, 5) is 0. The number of aliphatic hydroxyl groups excluding tert-OH is 1. The van der Waals surface area contributed by atoms with Gasteiger partial charge in [0.1, 0.15) is 24.7 Å². The predicted octanol–water partition coefficient (Wildman–Crippen LogP) is 2.64. The van der Waals surface area contributed by atoms with Crippen LogP contribution in [-0.2, 0) is 6.61 Å². The monoisotopic (exact) mass is 244 g/mol. The van der Waals surface area contributed by atoms with E-state index in [0.717, 1.165) is 11.3 Å². The Morgan fingerprint density at radius 1 is 0.778 bits per heavy atom. The Labute approximate surface area is 107 Å². The van der Waals surface area contributed by atoms with Crippen LogP contribution in [0.15, 0.2) is 54.6 Å². The SMILES string of the molecule is OCc1ccccc1OCCOc1ccccc1. The molecule has 0 spiro atoms. The molecule has 0 heterocycles. The summed E-state index contributed by atoms with van der Waals surface area (Å²) >= 11 is 0. The normalized spacial score (nSPS) is 10.1. The lowest BCUT2D eigenvalue weighted by molar-refractivity contribution is 0.210. The zero-order chi connectivity index (χ0) is 12.6. The Hall–Kier alpha value is -2.00. The van der Waals surface area contributed by atoms with Crippen molar-refractivity contribution in [1.29, 1.82) is 0 Å². The number of rotatable bonds is 6. The first-order chi connectivity index (χ1) is 8.90. The minimum absolute atomic E-state index is 0.0181. The lowest BCUT2D eigenvalue weighted by Gasteiger charge is -2.10. The van der Waals surface area contributed by atoms with E-state index in [9.17, 15) is 0 Å². The average molecular weight is 244 g/mol. The van der Waals surface area contributed by atoms with Gasteiger partial charge in [-0.3, -0.25) is 0 Å². The largest absolute Gasteiger partial charge is 0.490 e. The molecule has 0 aliphatic heterocycles. The molecule has 2 aromatic rings. The molecular formula is C15H16O3. The first-order valence-corrected chi connectivity index (χ1v) is 5.89. The van der Waals surface area contributed by atoms with Gasteiger partial charge in [-0.25, -0.2) is 0 Å². The van der Waals surface area contributed by atoms with Gasteiger partial charge in [-0.1, -0.05) is 36.4 Å². The lowest BCUT2D eigenvalue weighted by atomic mass is 10.2. The molecule has 0 aliphatic rings. The Balaban J connectivity index is 1.78. The molecule has 3 heteroatoms. The fourth-order valence-electron chi connectivity index (χ4n) is 1.60. The molecule has 0 bridgehead atoms. The molecule has 0 aliphatic carbocycles. The Kier molecular flexibility index (Phi) is 4.61. The highest BCUT2D eigenvalue weighted by molar-refractivity contribution is 5.32. The van der Waals surface area contributed by atoms with E-state index in [0.29, 0.717) is 19.0 Å². The van der Waals surface area contributed by atoms with Gasteiger partial charge in [0.2, 0.25) is 0 Å². The molecule has 2 aromatic carbocycles. The second-order valence-electron chi connectivity index (χ2n) is 3.78. The van der Waals surface area contributed by atoms with Gasteiger partial charge in [-0.2, -0.15) is 0 Å². The van der Waals surface area contributed by atoms with Crippen molar-refractivity contribution in [2.45, 2.75) is 6.61 Å². The third-order valence-corrected chi connectivity index (χ3v) is 2.50. The second-order valence-corrected chi connectivity index (χ2v) is 3.78. The van der Waals surface area contributed by atoms with Crippen LogP contribution in [0.5, 0.6) is 11.5 Å². The molecule has 94 valence electrons. The number of hydrogen-bond acceptors (Lipinski definition) is 3. The van der Waals surface area contributed by atoms with Crippen LogP contribution in [0, 0.1) is 0 Å². The maximum Gasteiger partial charge on any atom is 0.124 e. The van der Waals surface area contributed by atoms with Crippen molar-refractivity contribution in [2.75, 3.05) is 13.2 Å². The summed E-state index contributed by atoms with van der Waals surface area (Å²) < 4.78 is 11.1. The Morgan fingerprint density at radius 2 is 1.44 bits per heavy atom. The van der Waals surface area contributed by atoms with Crippen molar-refractivity contribution >= 4 is 0 Å². The lowest BCUT2D eigenvalue weighted by Crippen LogP contribution is -2.09. The standard InChI is InChI=1S/C15H16O3/c16-12-13-6-4-5-9-15(13)18-11-10-17-14-7-2-1-3-8-14/h1-9,16H,10-12H2. The minimum atomic E-state index is -0.0181. The fraction of sp³-hybridized carbons (Fsp3) is 0.200. The molecule has 0 fully saturated rings. The summed E-state index contributed by atoms with van der Waals surface area (Å²) in [5.74, 6) is 1.54. The summed E-state index contributed by atoms with van der Waals surface area (Å²) in [7, 11) is 0. The van der Waals surface area contributed by atoms with Gasteiger partial charge in [0.25, 0.3) is 0 Å². The van der Waals surface area contributed by atoms with E-state index in [2.05, 4.69) is 0 Å². The molecule has 0 radical (unpaired) electrons. The number of aliphatic hydroxyl groups is 1. The molecule has 18 heavy (non-hydrogen) atoms. The van der Waals surface area contributed by atoms with Crippen molar-refractivity contribution in [3.05, 3.63) is 60.2 Å². The number of benzene rings is 2. The Morgan fingerprint density at radius 3 is 2.22 bits per heavy atom. The zero-order valence-corrected chi connectivity index (χ0v) is 10.1. The molecule has 2 rings (SSSR count). The van der Waals surface area contributed by atoms with Crippen molar-refractivity contribution in [2.24, 2.45) is 0 Å². The third-order valence-electron chi connectivity index (χ3n) is 2.50. The molecule has 0 atom stereocenters. The zero-order valence-electron chi connectivity index (χ0n) is 10.1. The van der Waals surface area contributed by atoms with E-state index >= 15 is 0 Å². The predicted molar refractivity (Wildman–Crippen MR) is 69.8 cm³/mol. The molecule has 0 saturated carbocycles. The van der Waals surface area contributed by atoms with Crippen LogP contribution in [0.2, 0.25) is 0 Å². The third kappa shape index (κ3) is 3.50. The fourth-order valence-corrected chi connectivity index (χ4v) is 1.60. The van der Waals surface area contributed by atoms with Crippen LogP contribution in [0.25, 0.3) is 0 Å². The smallest absolute Gasteiger partial charge is 0.124 e. The molecule has 3 nitrogen and oxygen atoms in total. The van der Waals surface area contributed by atoms with Crippen LogP contribution in [0.1, 0.15) is 5.56 Å². The average Bonchev–Trinajstić information content (AvgIpc) is 2.45. The maximum absolute atomic E-state index is 9.14. The van der Waals surface area contributed by atoms with Crippen molar-refractivity contribution in [3.63, 3.8) is 0 Å². The molecule has 0 unspecified atom stereocenters. The van der Waals surface area contributed by atoms with Crippen molar-refractivity contribution in [3.8, 4) is 11.5 Å². The van der Waals surface area contributed by atoms with Crippen LogP contribution in [0.3, 0.4) is 0 Å². The Bertz CT molecular complexity index is 468. The highest BCUT2D eigenvalue weighted by atomic mass is 16.5. The van der Waals surface area contributed by atoms with E-state index in [1.54, 1.807) is 0 Å². The van der Waals surface area contributed by atoms with Gasteiger partial charge in [0, 0.05) is 5.56 Å². The summed E-state index contributed by atoms with van der Waals surface area (Å²) in [6.45, 7) is 0.908. The van der Waals surface area contributed by atoms with E-state index < -0.39 is 0 Å². The first kappa shape index (κ1) is 12.5. The molecule has 0 aromatic heterocycles. The van der Waals surface area contributed by atoms with Gasteiger partial charge in [-0.05, 0) is 18.2 Å². The van der Waals surface area contributed by atoms with Gasteiger partial charge < -0.3 is 14.6 Å².